The lowest BCUT2D eigenvalue weighted by Gasteiger charge is -2.04. The summed E-state index contributed by atoms with van der Waals surface area (Å²) in [6.45, 7) is 2.05. The van der Waals surface area contributed by atoms with Crippen LogP contribution < -0.4 is 5.73 Å². The van der Waals surface area contributed by atoms with E-state index in [1.54, 1.807) is 12.1 Å². The molecule has 1 aromatic carbocycles. The smallest absolute Gasteiger partial charge is 0.180 e. The van der Waals surface area contributed by atoms with Crippen molar-refractivity contribution in [2.75, 3.05) is 5.73 Å². The number of hydrogen-bond donors (Lipinski definition) is 1. The lowest BCUT2D eigenvalue weighted by atomic mass is 10.1. The maximum Gasteiger partial charge on any atom is 0.180 e. The van der Waals surface area contributed by atoms with Crippen molar-refractivity contribution in [2.24, 2.45) is 0 Å². The second-order valence-corrected chi connectivity index (χ2v) is 5.39. The zero-order valence-corrected chi connectivity index (χ0v) is 11.5. The first-order valence-electron chi connectivity index (χ1n) is 5.56. The third-order valence-corrected chi connectivity index (χ3v) is 3.95. The Morgan fingerprint density at radius 1 is 1.50 bits per heavy atom. The molecule has 0 atom stereocenters. The number of halogens is 1. The number of aryl methyl sites for hydroxylation is 1. The van der Waals surface area contributed by atoms with Gasteiger partial charge in [-0.05, 0) is 30.2 Å². The molecule has 92 valence electrons. The van der Waals surface area contributed by atoms with Gasteiger partial charge in [0.2, 0.25) is 0 Å². The quantitative estimate of drug-likeness (QED) is 0.935. The second kappa shape index (κ2) is 5.38. The third-order valence-electron chi connectivity index (χ3n) is 2.66. The van der Waals surface area contributed by atoms with Crippen molar-refractivity contribution in [2.45, 2.75) is 19.8 Å². The number of hydrogen-bond acceptors (Lipinski definition) is 4. The highest BCUT2D eigenvalue weighted by atomic mass is 35.5. The maximum atomic E-state index is 8.90. The summed E-state index contributed by atoms with van der Waals surface area (Å²) in [7, 11) is 0. The van der Waals surface area contributed by atoms with Gasteiger partial charge >= 0.3 is 0 Å². The molecule has 0 spiro atoms. The molecule has 3 nitrogen and oxygen atoms in total. The van der Waals surface area contributed by atoms with E-state index < -0.39 is 0 Å². The van der Waals surface area contributed by atoms with Crippen molar-refractivity contribution >= 4 is 28.1 Å². The van der Waals surface area contributed by atoms with Crippen LogP contribution in [0.15, 0.2) is 18.2 Å². The Morgan fingerprint density at radius 2 is 2.28 bits per heavy atom. The van der Waals surface area contributed by atoms with E-state index in [2.05, 4.69) is 11.1 Å². The molecular formula is C13H12ClN3S. The molecule has 0 unspecified atom stereocenters. The fraction of sp³-hybridized carbons (Fsp3) is 0.231. The average Bonchev–Trinajstić information content (AvgIpc) is 2.72. The first kappa shape index (κ1) is 12.9. The van der Waals surface area contributed by atoms with E-state index in [1.807, 2.05) is 13.0 Å². The number of aromatic nitrogens is 1. The standard InChI is InChI=1S/C13H12ClN3S/c1-2-11-12(18-13(16)17-11)6-9-5-8(7-15)3-4-10(9)14/h3-5H,2,6H2,1H3,(H2,16,17). The van der Waals surface area contributed by atoms with Crippen LogP contribution in [0.4, 0.5) is 5.13 Å². The minimum Gasteiger partial charge on any atom is -0.375 e. The minimum atomic E-state index is 0.578. The number of nitrogen functional groups attached to an aromatic ring is 1. The van der Waals surface area contributed by atoms with Crippen LogP contribution in [0, 0.1) is 11.3 Å². The number of nitriles is 1. The highest BCUT2D eigenvalue weighted by molar-refractivity contribution is 7.15. The zero-order chi connectivity index (χ0) is 13.1. The van der Waals surface area contributed by atoms with Crippen LogP contribution in [-0.4, -0.2) is 4.98 Å². The largest absolute Gasteiger partial charge is 0.375 e. The molecule has 0 fully saturated rings. The van der Waals surface area contributed by atoms with Gasteiger partial charge < -0.3 is 5.73 Å². The fourth-order valence-electron chi connectivity index (χ4n) is 1.77. The van der Waals surface area contributed by atoms with Crippen molar-refractivity contribution in [3.8, 4) is 6.07 Å². The third kappa shape index (κ3) is 2.63. The number of thiazole rings is 1. The Labute approximate surface area is 115 Å². The highest BCUT2D eigenvalue weighted by Gasteiger charge is 2.11. The number of anilines is 1. The summed E-state index contributed by atoms with van der Waals surface area (Å²) in [5.74, 6) is 0. The van der Waals surface area contributed by atoms with Crippen molar-refractivity contribution in [3.63, 3.8) is 0 Å². The van der Waals surface area contributed by atoms with Gasteiger partial charge in [-0.1, -0.05) is 18.5 Å². The SMILES string of the molecule is CCc1nc(N)sc1Cc1cc(C#N)ccc1Cl. The summed E-state index contributed by atoms with van der Waals surface area (Å²) < 4.78 is 0. The lowest BCUT2D eigenvalue weighted by Crippen LogP contribution is -1.93. The molecule has 0 bridgehead atoms. The van der Waals surface area contributed by atoms with Gasteiger partial charge in [-0.2, -0.15) is 5.26 Å². The number of benzene rings is 1. The van der Waals surface area contributed by atoms with Gasteiger partial charge in [0, 0.05) is 16.3 Å². The Balaban J connectivity index is 2.36. The molecule has 0 aliphatic carbocycles. The van der Waals surface area contributed by atoms with E-state index in [9.17, 15) is 0 Å². The van der Waals surface area contributed by atoms with Crippen LogP contribution in [0.2, 0.25) is 5.02 Å². The normalized spacial score (nSPS) is 10.3. The van der Waals surface area contributed by atoms with E-state index in [4.69, 9.17) is 22.6 Å². The lowest BCUT2D eigenvalue weighted by molar-refractivity contribution is 1.02. The van der Waals surface area contributed by atoms with E-state index in [0.717, 1.165) is 22.6 Å². The van der Waals surface area contributed by atoms with Crippen LogP contribution in [-0.2, 0) is 12.8 Å². The molecule has 0 aliphatic heterocycles. The van der Waals surface area contributed by atoms with Gasteiger partial charge in [-0.25, -0.2) is 4.98 Å². The maximum absolute atomic E-state index is 8.90. The minimum absolute atomic E-state index is 0.578. The van der Waals surface area contributed by atoms with Crippen LogP contribution in [0.3, 0.4) is 0 Å². The first-order chi connectivity index (χ1) is 8.63. The van der Waals surface area contributed by atoms with Crippen LogP contribution >= 0.6 is 22.9 Å². The Bertz CT molecular complexity index is 613. The number of nitrogens with zero attached hydrogens (tertiary/aromatic N) is 2. The molecule has 2 aromatic rings. The van der Waals surface area contributed by atoms with Gasteiger partial charge in [0.05, 0.1) is 17.3 Å². The van der Waals surface area contributed by atoms with E-state index in [0.29, 0.717) is 22.1 Å². The predicted octanol–water partition coefficient (Wildman–Crippen LogP) is 3.40. The van der Waals surface area contributed by atoms with Gasteiger partial charge in [0.25, 0.3) is 0 Å². The molecule has 2 N–H and O–H groups in total. The van der Waals surface area contributed by atoms with Gasteiger partial charge in [0.15, 0.2) is 5.13 Å². The Hall–Kier alpha value is -1.57. The molecule has 1 aromatic heterocycles. The topological polar surface area (TPSA) is 62.7 Å². The fourth-order valence-corrected chi connectivity index (χ4v) is 2.90. The molecule has 5 heteroatoms. The molecule has 0 amide bonds. The van der Waals surface area contributed by atoms with Crippen molar-refractivity contribution in [3.05, 3.63) is 44.9 Å². The predicted molar refractivity (Wildman–Crippen MR) is 74.9 cm³/mol. The summed E-state index contributed by atoms with van der Waals surface area (Å²) in [5.41, 5.74) is 8.29. The van der Waals surface area contributed by atoms with Gasteiger partial charge in [0.1, 0.15) is 0 Å². The van der Waals surface area contributed by atoms with Crippen LogP contribution in [0.1, 0.15) is 28.6 Å². The summed E-state index contributed by atoms with van der Waals surface area (Å²) >= 11 is 7.63. The van der Waals surface area contributed by atoms with E-state index in [1.165, 1.54) is 11.3 Å². The average molecular weight is 278 g/mol. The van der Waals surface area contributed by atoms with E-state index >= 15 is 0 Å². The molecule has 18 heavy (non-hydrogen) atoms. The number of rotatable bonds is 3. The van der Waals surface area contributed by atoms with Crippen LogP contribution in [0.25, 0.3) is 0 Å². The monoisotopic (exact) mass is 277 g/mol. The zero-order valence-electron chi connectivity index (χ0n) is 9.90. The summed E-state index contributed by atoms with van der Waals surface area (Å²) in [6, 6.07) is 7.41. The summed E-state index contributed by atoms with van der Waals surface area (Å²) in [6.07, 6.45) is 1.52. The van der Waals surface area contributed by atoms with Gasteiger partial charge in [-0.3, -0.25) is 0 Å². The Kier molecular flexibility index (Phi) is 3.85. The number of nitrogens with two attached hydrogens (primary N) is 1. The molecule has 0 aliphatic rings. The molecule has 0 radical (unpaired) electrons. The van der Waals surface area contributed by atoms with Crippen molar-refractivity contribution < 1.29 is 0 Å². The summed E-state index contributed by atoms with van der Waals surface area (Å²) in [4.78, 5) is 5.40. The summed E-state index contributed by atoms with van der Waals surface area (Å²) in [5, 5.41) is 10.1. The highest BCUT2D eigenvalue weighted by Crippen LogP contribution is 2.27. The first-order valence-corrected chi connectivity index (χ1v) is 6.76. The molecule has 2 rings (SSSR count). The van der Waals surface area contributed by atoms with Crippen molar-refractivity contribution in [1.82, 2.24) is 4.98 Å². The van der Waals surface area contributed by atoms with E-state index in [-0.39, 0.29) is 0 Å². The molecule has 0 saturated carbocycles. The second-order valence-electron chi connectivity index (χ2n) is 3.87. The molecule has 0 saturated heterocycles. The van der Waals surface area contributed by atoms with Gasteiger partial charge in [-0.15, -0.1) is 11.3 Å². The van der Waals surface area contributed by atoms with Crippen LogP contribution in [0.5, 0.6) is 0 Å². The Morgan fingerprint density at radius 3 is 2.94 bits per heavy atom. The molecule has 1 heterocycles. The molecular weight excluding hydrogens is 266 g/mol. The van der Waals surface area contributed by atoms with Crippen molar-refractivity contribution in [1.29, 1.82) is 5.26 Å².